The van der Waals surface area contributed by atoms with Crippen LogP contribution in [0.4, 0.5) is 0 Å². The molecule has 1 aromatic carbocycles. The quantitative estimate of drug-likeness (QED) is 0.440. The molecule has 28 heavy (non-hydrogen) atoms. The van der Waals surface area contributed by atoms with Crippen LogP contribution in [0.2, 0.25) is 0 Å². The van der Waals surface area contributed by atoms with Crippen LogP contribution in [0.25, 0.3) is 16.6 Å². The van der Waals surface area contributed by atoms with Crippen LogP contribution < -0.4 is 4.74 Å². The molecule has 1 unspecified atom stereocenters. The maximum Gasteiger partial charge on any atom is 0.196 e. The van der Waals surface area contributed by atoms with E-state index in [2.05, 4.69) is 17.1 Å². The Labute approximate surface area is 171 Å². The van der Waals surface area contributed by atoms with Crippen molar-refractivity contribution in [1.29, 1.82) is 0 Å². The minimum atomic E-state index is -0.580. The van der Waals surface area contributed by atoms with Crippen molar-refractivity contribution < 1.29 is 14.6 Å². The first-order chi connectivity index (χ1) is 13.7. The number of benzene rings is 1. The largest absolute Gasteiger partial charge is 0.497 e. The van der Waals surface area contributed by atoms with Gasteiger partial charge in [0, 0.05) is 22.1 Å². The molecule has 0 radical (unpaired) electrons. The summed E-state index contributed by atoms with van der Waals surface area (Å²) in [5.74, 6) is 1.26. The van der Waals surface area contributed by atoms with Gasteiger partial charge in [-0.15, -0.1) is 21.5 Å². The predicted octanol–water partition coefficient (Wildman–Crippen LogP) is 3.93. The zero-order chi connectivity index (χ0) is 19.5. The van der Waals surface area contributed by atoms with Crippen molar-refractivity contribution in [2.24, 2.45) is 0 Å². The van der Waals surface area contributed by atoms with Crippen LogP contribution in [0.3, 0.4) is 0 Å². The van der Waals surface area contributed by atoms with Crippen LogP contribution in [-0.2, 0) is 11.3 Å². The summed E-state index contributed by atoms with van der Waals surface area (Å²) in [6.07, 6.45) is -0.580. The molecule has 1 atom stereocenters. The number of rotatable bonds is 8. The number of pyridine rings is 1. The van der Waals surface area contributed by atoms with Crippen molar-refractivity contribution >= 4 is 39.6 Å². The van der Waals surface area contributed by atoms with Crippen LogP contribution in [0, 0.1) is 6.92 Å². The lowest BCUT2D eigenvalue weighted by Gasteiger charge is -2.11. The molecule has 0 aliphatic heterocycles. The Morgan fingerprint density at radius 2 is 2.14 bits per heavy atom. The Bertz CT molecular complexity index is 1080. The first-order valence-corrected chi connectivity index (χ1v) is 10.8. The molecule has 4 rings (SSSR count). The van der Waals surface area contributed by atoms with Crippen LogP contribution in [-0.4, -0.2) is 45.3 Å². The molecule has 3 heterocycles. The van der Waals surface area contributed by atoms with Crippen LogP contribution in [0.15, 0.2) is 46.9 Å². The zero-order valence-corrected chi connectivity index (χ0v) is 17.3. The van der Waals surface area contributed by atoms with Gasteiger partial charge in [0.05, 0.1) is 31.9 Å². The Kier molecular flexibility index (Phi) is 5.82. The summed E-state index contributed by atoms with van der Waals surface area (Å²) >= 11 is 3.12. The molecule has 0 amide bonds. The summed E-state index contributed by atoms with van der Waals surface area (Å²) in [4.78, 5) is 1.15. The maximum absolute atomic E-state index is 10.3. The molecule has 8 heteroatoms. The standard InChI is InChI=1S/C20H21N3O3S2/c1-13-8-19-21-22-20(23(19)18-9-15(25-2)5-6-17(13)18)28-12-14(24)10-26-11-16-4-3-7-27-16/h3-9,14,24H,10-12H2,1-2H3. The Balaban J connectivity index is 1.50. The third-order valence-corrected chi connectivity index (χ3v) is 6.34. The Morgan fingerprint density at radius 3 is 2.93 bits per heavy atom. The van der Waals surface area contributed by atoms with Crippen molar-refractivity contribution in [2.75, 3.05) is 19.5 Å². The summed E-state index contributed by atoms with van der Waals surface area (Å²) in [6, 6.07) is 12.0. The smallest absolute Gasteiger partial charge is 0.196 e. The average molecular weight is 416 g/mol. The number of methoxy groups -OCH3 is 1. The van der Waals surface area contributed by atoms with E-state index in [1.165, 1.54) is 11.8 Å². The highest BCUT2D eigenvalue weighted by Crippen LogP contribution is 2.28. The highest BCUT2D eigenvalue weighted by atomic mass is 32.2. The molecule has 6 nitrogen and oxygen atoms in total. The topological polar surface area (TPSA) is 68.9 Å². The molecule has 3 aromatic heterocycles. The molecule has 0 saturated heterocycles. The second kappa shape index (κ2) is 8.48. The van der Waals surface area contributed by atoms with Crippen molar-refractivity contribution in [3.63, 3.8) is 0 Å². The summed E-state index contributed by atoms with van der Waals surface area (Å²) in [5, 5.41) is 22.8. The van der Waals surface area contributed by atoms with Gasteiger partial charge < -0.3 is 14.6 Å². The maximum atomic E-state index is 10.3. The summed E-state index contributed by atoms with van der Waals surface area (Å²) in [5.41, 5.74) is 2.91. The number of aromatic nitrogens is 3. The first-order valence-electron chi connectivity index (χ1n) is 8.89. The van der Waals surface area contributed by atoms with Gasteiger partial charge in [-0.2, -0.15) is 0 Å². The fourth-order valence-electron chi connectivity index (χ4n) is 3.03. The number of thiophene rings is 1. The summed E-state index contributed by atoms with van der Waals surface area (Å²) in [6.45, 7) is 2.87. The van der Waals surface area contributed by atoms with E-state index < -0.39 is 6.10 Å². The van der Waals surface area contributed by atoms with Crippen LogP contribution >= 0.6 is 23.1 Å². The molecule has 0 saturated carbocycles. The van der Waals surface area contributed by atoms with Crippen molar-refractivity contribution in [2.45, 2.75) is 24.8 Å². The molecule has 1 N–H and O–H groups in total. The minimum absolute atomic E-state index is 0.287. The number of hydrogen-bond acceptors (Lipinski definition) is 7. The van der Waals surface area contributed by atoms with Crippen molar-refractivity contribution in [1.82, 2.24) is 14.6 Å². The van der Waals surface area contributed by atoms with Gasteiger partial charge in [0.1, 0.15) is 5.75 Å². The van der Waals surface area contributed by atoms with Gasteiger partial charge in [-0.1, -0.05) is 17.8 Å². The van der Waals surface area contributed by atoms with E-state index in [1.54, 1.807) is 18.4 Å². The van der Waals surface area contributed by atoms with Gasteiger partial charge >= 0.3 is 0 Å². The molecule has 0 fully saturated rings. The monoisotopic (exact) mass is 415 g/mol. The third kappa shape index (κ3) is 4.00. The fraction of sp³-hybridized carbons (Fsp3) is 0.300. The van der Waals surface area contributed by atoms with Gasteiger partial charge in [-0.05, 0) is 42.1 Å². The molecule has 0 aliphatic rings. The van der Waals surface area contributed by atoms with E-state index in [9.17, 15) is 5.11 Å². The number of nitrogens with zero attached hydrogens (tertiary/aromatic N) is 3. The number of aryl methyl sites for hydroxylation is 1. The number of thioether (sulfide) groups is 1. The lowest BCUT2D eigenvalue weighted by Crippen LogP contribution is -2.18. The van der Waals surface area contributed by atoms with E-state index in [0.717, 1.165) is 37.9 Å². The zero-order valence-electron chi connectivity index (χ0n) is 15.7. The number of ether oxygens (including phenoxy) is 2. The fourth-order valence-corrected chi connectivity index (χ4v) is 4.53. The Morgan fingerprint density at radius 1 is 1.25 bits per heavy atom. The summed E-state index contributed by atoms with van der Waals surface area (Å²) < 4.78 is 13.0. The van der Waals surface area contributed by atoms with Crippen LogP contribution in [0.5, 0.6) is 5.75 Å². The summed E-state index contributed by atoms with van der Waals surface area (Å²) in [7, 11) is 1.66. The lowest BCUT2D eigenvalue weighted by molar-refractivity contribution is 0.0409. The lowest BCUT2D eigenvalue weighted by atomic mass is 10.1. The van der Waals surface area contributed by atoms with E-state index in [4.69, 9.17) is 9.47 Å². The second-order valence-corrected chi connectivity index (χ2v) is 8.47. The van der Waals surface area contributed by atoms with Gasteiger partial charge in [0.25, 0.3) is 0 Å². The third-order valence-electron chi connectivity index (χ3n) is 4.41. The normalized spacial score (nSPS) is 12.7. The molecule has 0 spiro atoms. The van der Waals surface area contributed by atoms with Gasteiger partial charge in [-0.3, -0.25) is 4.40 Å². The van der Waals surface area contributed by atoms with Gasteiger partial charge in [-0.25, -0.2) is 0 Å². The number of fused-ring (bicyclic) bond motifs is 3. The Hall–Kier alpha value is -2.13. The highest BCUT2D eigenvalue weighted by molar-refractivity contribution is 7.99. The highest BCUT2D eigenvalue weighted by Gasteiger charge is 2.14. The van der Waals surface area contributed by atoms with Crippen LogP contribution in [0.1, 0.15) is 10.4 Å². The molecule has 146 valence electrons. The molecule has 0 bridgehead atoms. The van der Waals surface area contributed by atoms with E-state index in [-0.39, 0.29) is 6.61 Å². The van der Waals surface area contributed by atoms with Crippen molar-refractivity contribution in [3.05, 3.63) is 52.2 Å². The second-order valence-electron chi connectivity index (χ2n) is 6.45. The van der Waals surface area contributed by atoms with Gasteiger partial charge in [0.15, 0.2) is 10.8 Å². The molecule has 4 aromatic rings. The molecule has 0 aliphatic carbocycles. The first kappa shape index (κ1) is 19.2. The van der Waals surface area contributed by atoms with Crippen molar-refractivity contribution in [3.8, 4) is 5.75 Å². The SMILES string of the molecule is COc1ccc2c(C)cc3nnc(SCC(O)COCc4cccs4)n3c2c1. The van der Waals surface area contributed by atoms with Gasteiger partial charge in [0.2, 0.25) is 0 Å². The van der Waals surface area contributed by atoms with E-state index in [0.29, 0.717) is 12.4 Å². The molecular formula is C20H21N3O3S2. The number of hydrogen-bond donors (Lipinski definition) is 1. The number of aliphatic hydroxyl groups is 1. The molecular weight excluding hydrogens is 394 g/mol. The predicted molar refractivity (Wildman–Crippen MR) is 112 cm³/mol. The van der Waals surface area contributed by atoms with E-state index in [1.807, 2.05) is 46.2 Å². The number of aliphatic hydroxyl groups excluding tert-OH is 1. The average Bonchev–Trinajstić information content (AvgIpc) is 3.36. The van der Waals surface area contributed by atoms with E-state index >= 15 is 0 Å². The minimum Gasteiger partial charge on any atom is -0.497 e.